The predicted molar refractivity (Wildman–Crippen MR) is 73.6 cm³/mol. The molecule has 2 heterocycles. The maximum Gasteiger partial charge on any atom is 0.0991 e. The molecule has 0 spiro atoms. The Labute approximate surface area is 112 Å². The second-order valence-electron chi connectivity index (χ2n) is 4.37. The van der Waals surface area contributed by atoms with Gasteiger partial charge in [-0.25, -0.2) is 4.98 Å². The van der Waals surface area contributed by atoms with Gasteiger partial charge < -0.3 is 9.30 Å². The molecule has 0 amide bonds. The van der Waals surface area contributed by atoms with Gasteiger partial charge in [0.1, 0.15) is 0 Å². The highest BCUT2D eigenvalue weighted by atomic mass is 16.5. The van der Waals surface area contributed by atoms with Crippen molar-refractivity contribution in [3.63, 3.8) is 0 Å². The summed E-state index contributed by atoms with van der Waals surface area (Å²) in [6.45, 7) is 3.25. The Hall–Kier alpha value is -2.14. The number of rotatable bonds is 3. The molecular weight excluding hydrogens is 240 g/mol. The summed E-state index contributed by atoms with van der Waals surface area (Å²) in [5.74, 6) is 0. The molecule has 1 aliphatic heterocycles. The lowest BCUT2D eigenvalue weighted by molar-refractivity contribution is 0.0397. The van der Waals surface area contributed by atoms with Crippen LogP contribution in [0, 0.1) is 0 Å². The molecule has 1 aliphatic rings. The van der Waals surface area contributed by atoms with Crippen LogP contribution in [0.4, 0.5) is 0 Å². The third kappa shape index (κ3) is 3.00. The van der Waals surface area contributed by atoms with Gasteiger partial charge in [0.15, 0.2) is 0 Å². The third-order valence-electron chi connectivity index (χ3n) is 3.05. The molecule has 2 aromatic rings. The molecule has 0 bridgehead atoms. The van der Waals surface area contributed by atoms with Crippen LogP contribution >= 0.6 is 0 Å². The molecule has 98 valence electrons. The maximum atomic E-state index is 5.28. The fraction of sp³-hybridized carbons (Fsp3) is 0.286. The predicted octanol–water partition coefficient (Wildman–Crippen LogP) is 1.54. The van der Waals surface area contributed by atoms with Crippen molar-refractivity contribution in [3.8, 4) is 5.69 Å². The van der Waals surface area contributed by atoms with E-state index in [0.29, 0.717) is 0 Å². The Morgan fingerprint density at radius 1 is 1.16 bits per heavy atom. The topological polar surface area (TPSA) is 42.6 Å². The number of aromatic nitrogens is 2. The van der Waals surface area contributed by atoms with E-state index >= 15 is 0 Å². The van der Waals surface area contributed by atoms with Crippen molar-refractivity contribution in [2.75, 3.05) is 26.3 Å². The zero-order valence-electron chi connectivity index (χ0n) is 10.6. The van der Waals surface area contributed by atoms with E-state index in [-0.39, 0.29) is 0 Å². The van der Waals surface area contributed by atoms with E-state index in [4.69, 9.17) is 4.74 Å². The van der Waals surface area contributed by atoms with Crippen molar-refractivity contribution in [2.24, 2.45) is 5.10 Å². The summed E-state index contributed by atoms with van der Waals surface area (Å²) in [5, 5.41) is 6.49. The Morgan fingerprint density at radius 3 is 2.63 bits per heavy atom. The molecule has 1 saturated heterocycles. The average molecular weight is 256 g/mol. The van der Waals surface area contributed by atoms with Gasteiger partial charge in [-0.3, -0.25) is 5.01 Å². The van der Waals surface area contributed by atoms with Gasteiger partial charge in [-0.15, -0.1) is 0 Å². The Bertz CT molecular complexity index is 527. The lowest BCUT2D eigenvalue weighted by atomic mass is 10.2. The number of morpholine rings is 1. The van der Waals surface area contributed by atoms with E-state index < -0.39 is 0 Å². The van der Waals surface area contributed by atoms with Crippen molar-refractivity contribution >= 4 is 6.21 Å². The summed E-state index contributed by atoms with van der Waals surface area (Å²) in [4.78, 5) is 4.04. The van der Waals surface area contributed by atoms with Crippen LogP contribution in [-0.2, 0) is 4.74 Å². The number of nitrogens with zero attached hydrogens (tertiary/aromatic N) is 4. The number of imidazole rings is 1. The number of hydrogen-bond acceptors (Lipinski definition) is 4. The van der Waals surface area contributed by atoms with Gasteiger partial charge in [0.05, 0.1) is 38.8 Å². The molecule has 3 rings (SSSR count). The fourth-order valence-corrected chi connectivity index (χ4v) is 1.96. The molecule has 0 unspecified atom stereocenters. The summed E-state index contributed by atoms with van der Waals surface area (Å²) in [6, 6.07) is 8.23. The Morgan fingerprint density at radius 2 is 1.95 bits per heavy atom. The number of ether oxygens (including phenoxy) is 1. The molecule has 0 saturated carbocycles. The van der Waals surface area contributed by atoms with Crippen LogP contribution in [-0.4, -0.2) is 47.1 Å². The van der Waals surface area contributed by atoms with Crippen LogP contribution in [0.25, 0.3) is 5.69 Å². The zero-order valence-corrected chi connectivity index (χ0v) is 10.6. The third-order valence-corrected chi connectivity index (χ3v) is 3.05. The van der Waals surface area contributed by atoms with Crippen molar-refractivity contribution in [3.05, 3.63) is 48.5 Å². The smallest absolute Gasteiger partial charge is 0.0991 e. The minimum Gasteiger partial charge on any atom is -0.378 e. The minimum absolute atomic E-state index is 0.761. The van der Waals surface area contributed by atoms with Crippen LogP contribution in [0.1, 0.15) is 5.56 Å². The lowest BCUT2D eigenvalue weighted by Crippen LogP contribution is -2.32. The van der Waals surface area contributed by atoms with E-state index in [1.165, 1.54) is 0 Å². The van der Waals surface area contributed by atoms with Gasteiger partial charge >= 0.3 is 0 Å². The summed E-state index contributed by atoms with van der Waals surface area (Å²) < 4.78 is 7.26. The quantitative estimate of drug-likeness (QED) is 0.782. The molecule has 5 nitrogen and oxygen atoms in total. The Kier molecular flexibility index (Phi) is 3.56. The van der Waals surface area contributed by atoms with Gasteiger partial charge in [0.2, 0.25) is 0 Å². The van der Waals surface area contributed by atoms with E-state index in [9.17, 15) is 0 Å². The maximum absolute atomic E-state index is 5.28. The molecule has 19 heavy (non-hydrogen) atoms. The van der Waals surface area contributed by atoms with Crippen LogP contribution in [0.15, 0.2) is 48.1 Å². The molecule has 1 aromatic heterocycles. The van der Waals surface area contributed by atoms with Gasteiger partial charge in [0, 0.05) is 18.1 Å². The molecule has 5 heteroatoms. The summed E-state index contributed by atoms with van der Waals surface area (Å²) in [7, 11) is 0. The SMILES string of the molecule is C(=NN1CCOCC1)c1ccc(-n2ccnc2)cc1. The number of hydrazone groups is 1. The summed E-state index contributed by atoms with van der Waals surface area (Å²) in [5.41, 5.74) is 2.19. The van der Waals surface area contributed by atoms with Crippen LogP contribution < -0.4 is 0 Å². The van der Waals surface area contributed by atoms with Crippen molar-refractivity contribution in [1.29, 1.82) is 0 Å². The van der Waals surface area contributed by atoms with E-state index in [0.717, 1.165) is 37.6 Å². The van der Waals surface area contributed by atoms with E-state index in [1.54, 1.807) is 12.5 Å². The van der Waals surface area contributed by atoms with E-state index in [2.05, 4.69) is 34.4 Å². The number of benzene rings is 1. The van der Waals surface area contributed by atoms with E-state index in [1.807, 2.05) is 22.0 Å². The first-order valence-corrected chi connectivity index (χ1v) is 6.37. The first-order valence-electron chi connectivity index (χ1n) is 6.37. The first-order chi connectivity index (χ1) is 9.42. The largest absolute Gasteiger partial charge is 0.378 e. The highest BCUT2D eigenvalue weighted by Gasteiger charge is 2.06. The molecule has 0 N–H and O–H groups in total. The normalized spacial score (nSPS) is 16.1. The van der Waals surface area contributed by atoms with Crippen molar-refractivity contribution in [1.82, 2.24) is 14.6 Å². The molecule has 0 aliphatic carbocycles. The lowest BCUT2D eigenvalue weighted by Gasteiger charge is -2.23. The monoisotopic (exact) mass is 256 g/mol. The highest BCUT2D eigenvalue weighted by Crippen LogP contribution is 2.08. The van der Waals surface area contributed by atoms with Crippen molar-refractivity contribution in [2.45, 2.75) is 0 Å². The molecule has 0 atom stereocenters. The van der Waals surface area contributed by atoms with Crippen LogP contribution in [0.3, 0.4) is 0 Å². The standard InChI is InChI=1S/C14H16N4O/c1-3-14(17-6-5-15-12-17)4-2-13(1)11-16-18-7-9-19-10-8-18/h1-6,11-12H,7-10H2. The van der Waals surface area contributed by atoms with Gasteiger partial charge in [-0.2, -0.15) is 5.10 Å². The number of hydrogen-bond donors (Lipinski definition) is 0. The molecule has 1 aromatic carbocycles. The summed E-state index contributed by atoms with van der Waals surface area (Å²) >= 11 is 0. The van der Waals surface area contributed by atoms with Crippen LogP contribution in [0.5, 0.6) is 0 Å². The first kappa shape index (κ1) is 11.9. The van der Waals surface area contributed by atoms with Crippen molar-refractivity contribution < 1.29 is 4.74 Å². The van der Waals surface area contributed by atoms with Gasteiger partial charge in [0.25, 0.3) is 0 Å². The average Bonchev–Trinajstić information content (AvgIpc) is 3.01. The van der Waals surface area contributed by atoms with Crippen LogP contribution in [0.2, 0.25) is 0 Å². The minimum atomic E-state index is 0.761. The second kappa shape index (κ2) is 5.67. The Balaban J connectivity index is 1.67. The molecule has 1 fully saturated rings. The van der Waals surface area contributed by atoms with Gasteiger partial charge in [-0.1, -0.05) is 12.1 Å². The summed E-state index contributed by atoms with van der Waals surface area (Å²) in [6.07, 6.45) is 7.38. The molecular formula is C14H16N4O. The second-order valence-corrected chi connectivity index (χ2v) is 4.37. The fourth-order valence-electron chi connectivity index (χ4n) is 1.96. The zero-order chi connectivity index (χ0) is 12.9. The van der Waals surface area contributed by atoms with Gasteiger partial charge in [-0.05, 0) is 17.7 Å². The highest BCUT2D eigenvalue weighted by molar-refractivity contribution is 5.79. The molecule has 0 radical (unpaired) electrons.